The van der Waals surface area contributed by atoms with Gasteiger partial charge in [0.05, 0.1) is 5.02 Å². The fourth-order valence-electron chi connectivity index (χ4n) is 1.45. The number of benzene rings is 1. The third-order valence-electron chi connectivity index (χ3n) is 2.50. The van der Waals surface area contributed by atoms with E-state index in [9.17, 15) is 8.78 Å². The summed E-state index contributed by atoms with van der Waals surface area (Å²) in [6.45, 7) is 0. The molecule has 0 bridgehead atoms. The highest BCUT2D eigenvalue weighted by atomic mass is 35.5. The van der Waals surface area contributed by atoms with Gasteiger partial charge >= 0.3 is 0 Å². The van der Waals surface area contributed by atoms with Gasteiger partial charge in [0.15, 0.2) is 0 Å². The van der Waals surface area contributed by atoms with Crippen LogP contribution >= 0.6 is 11.6 Å². The second kappa shape index (κ2) is 3.17. The smallest absolute Gasteiger partial charge is 0.145 e. The average Bonchev–Trinajstić information content (AvgIpc) is 2.79. The van der Waals surface area contributed by atoms with Crippen molar-refractivity contribution in [2.24, 2.45) is 5.73 Å². The van der Waals surface area contributed by atoms with E-state index < -0.39 is 11.6 Å². The van der Waals surface area contributed by atoms with Crippen LogP contribution in [0.5, 0.6) is 0 Å². The minimum atomic E-state index is -0.551. The lowest BCUT2D eigenvalue weighted by Gasteiger charge is -2.10. The molecule has 76 valence electrons. The largest absolute Gasteiger partial charge is 0.325 e. The third kappa shape index (κ3) is 1.88. The van der Waals surface area contributed by atoms with Crippen LogP contribution < -0.4 is 5.73 Å². The Bertz CT molecular complexity index is 375. The lowest BCUT2D eigenvalue weighted by molar-refractivity contribution is 0.565. The Kier molecular flexibility index (Phi) is 2.24. The Balaban J connectivity index is 2.32. The minimum Gasteiger partial charge on any atom is -0.325 e. The Morgan fingerprint density at radius 2 is 2.00 bits per heavy atom. The molecule has 1 saturated carbocycles. The lowest BCUT2D eigenvalue weighted by Crippen LogP contribution is -2.25. The van der Waals surface area contributed by atoms with E-state index in [4.69, 9.17) is 17.3 Å². The van der Waals surface area contributed by atoms with E-state index in [2.05, 4.69) is 0 Å². The number of halogens is 3. The first-order valence-electron chi connectivity index (χ1n) is 4.42. The summed E-state index contributed by atoms with van der Waals surface area (Å²) in [6.07, 6.45) is 2.08. The van der Waals surface area contributed by atoms with Crippen LogP contribution in [0.15, 0.2) is 12.1 Å². The summed E-state index contributed by atoms with van der Waals surface area (Å²) in [6, 6.07) is 2.13. The summed E-state index contributed by atoms with van der Waals surface area (Å²) in [4.78, 5) is 0. The molecule has 0 unspecified atom stereocenters. The van der Waals surface area contributed by atoms with Gasteiger partial charge in [-0.2, -0.15) is 0 Å². The summed E-state index contributed by atoms with van der Waals surface area (Å²) in [5.74, 6) is -1.07. The van der Waals surface area contributed by atoms with Crippen LogP contribution in [0.3, 0.4) is 0 Å². The van der Waals surface area contributed by atoms with Gasteiger partial charge in [0, 0.05) is 5.54 Å². The van der Waals surface area contributed by atoms with Gasteiger partial charge in [-0.25, -0.2) is 8.78 Å². The monoisotopic (exact) mass is 217 g/mol. The molecule has 0 heterocycles. The van der Waals surface area contributed by atoms with Crippen molar-refractivity contribution < 1.29 is 8.78 Å². The zero-order valence-corrected chi connectivity index (χ0v) is 8.24. The molecule has 0 radical (unpaired) electrons. The normalized spacial score (nSPS) is 18.3. The van der Waals surface area contributed by atoms with E-state index in [1.54, 1.807) is 0 Å². The first-order chi connectivity index (χ1) is 6.50. The topological polar surface area (TPSA) is 26.0 Å². The predicted molar refractivity (Wildman–Crippen MR) is 51.2 cm³/mol. The quantitative estimate of drug-likeness (QED) is 0.758. The Hall–Kier alpha value is -0.670. The molecule has 0 aliphatic heterocycles. The number of rotatable bonds is 2. The minimum absolute atomic E-state index is 0.177. The molecule has 2 rings (SSSR count). The van der Waals surface area contributed by atoms with Gasteiger partial charge in [-0.1, -0.05) is 11.6 Å². The Morgan fingerprint density at radius 1 is 1.36 bits per heavy atom. The summed E-state index contributed by atoms with van der Waals surface area (Å²) < 4.78 is 26.3. The van der Waals surface area contributed by atoms with Gasteiger partial charge in [0.1, 0.15) is 11.6 Å². The standard InChI is InChI=1S/C10H10ClF2N/c11-8-4-7(12)3-6(9(8)13)5-10(14)1-2-10/h3-4H,1-2,5,14H2. The maximum Gasteiger partial charge on any atom is 0.145 e. The number of hydrogen-bond donors (Lipinski definition) is 1. The van der Waals surface area contributed by atoms with E-state index in [0.29, 0.717) is 6.42 Å². The van der Waals surface area contributed by atoms with Gasteiger partial charge in [0.2, 0.25) is 0 Å². The van der Waals surface area contributed by atoms with E-state index in [0.717, 1.165) is 25.0 Å². The fraction of sp³-hybridized carbons (Fsp3) is 0.400. The predicted octanol–water partition coefficient (Wildman–Crippen LogP) is 2.65. The zero-order chi connectivity index (χ0) is 10.3. The molecule has 14 heavy (non-hydrogen) atoms. The van der Waals surface area contributed by atoms with Crippen molar-refractivity contribution in [2.45, 2.75) is 24.8 Å². The summed E-state index contributed by atoms with van der Waals surface area (Å²) in [7, 11) is 0. The zero-order valence-electron chi connectivity index (χ0n) is 7.49. The van der Waals surface area contributed by atoms with E-state index in [-0.39, 0.29) is 16.1 Å². The molecule has 0 amide bonds. The molecule has 0 aromatic heterocycles. The second-order valence-corrected chi connectivity index (χ2v) is 4.31. The molecule has 4 heteroatoms. The van der Waals surface area contributed by atoms with Crippen LogP contribution in [-0.4, -0.2) is 5.54 Å². The molecule has 1 aliphatic rings. The molecule has 0 spiro atoms. The third-order valence-corrected chi connectivity index (χ3v) is 2.78. The first-order valence-corrected chi connectivity index (χ1v) is 4.80. The summed E-state index contributed by atoms with van der Waals surface area (Å²) >= 11 is 5.51. The van der Waals surface area contributed by atoms with Crippen molar-refractivity contribution in [1.82, 2.24) is 0 Å². The van der Waals surface area contributed by atoms with Gasteiger partial charge in [-0.3, -0.25) is 0 Å². The molecule has 1 aromatic rings. The highest BCUT2D eigenvalue weighted by molar-refractivity contribution is 6.30. The molecule has 0 atom stereocenters. The van der Waals surface area contributed by atoms with Crippen LogP contribution in [0.25, 0.3) is 0 Å². The summed E-state index contributed by atoms with van der Waals surface area (Å²) in [5.41, 5.74) is 5.75. The molecule has 1 nitrogen and oxygen atoms in total. The van der Waals surface area contributed by atoms with Gasteiger partial charge < -0.3 is 5.73 Å². The van der Waals surface area contributed by atoms with Crippen LogP contribution in [0.4, 0.5) is 8.78 Å². The van der Waals surface area contributed by atoms with Crippen molar-refractivity contribution in [3.63, 3.8) is 0 Å². The Labute approximate surface area is 85.9 Å². The van der Waals surface area contributed by atoms with Crippen LogP contribution in [-0.2, 0) is 6.42 Å². The van der Waals surface area contributed by atoms with E-state index >= 15 is 0 Å². The van der Waals surface area contributed by atoms with Crippen molar-refractivity contribution in [1.29, 1.82) is 0 Å². The molecule has 1 aliphatic carbocycles. The maximum atomic E-state index is 13.4. The number of nitrogens with two attached hydrogens (primary N) is 1. The van der Waals surface area contributed by atoms with Gasteiger partial charge in [-0.15, -0.1) is 0 Å². The van der Waals surface area contributed by atoms with Crippen molar-refractivity contribution in [3.8, 4) is 0 Å². The van der Waals surface area contributed by atoms with Crippen molar-refractivity contribution in [3.05, 3.63) is 34.4 Å². The molecule has 1 aromatic carbocycles. The maximum absolute atomic E-state index is 13.4. The highest BCUT2D eigenvalue weighted by Gasteiger charge is 2.38. The lowest BCUT2D eigenvalue weighted by atomic mass is 10.0. The molecular weight excluding hydrogens is 208 g/mol. The van der Waals surface area contributed by atoms with Crippen LogP contribution in [0, 0.1) is 11.6 Å². The molecule has 0 saturated heterocycles. The molecule has 1 fully saturated rings. The summed E-state index contributed by atoms with van der Waals surface area (Å²) in [5, 5.41) is -0.177. The highest BCUT2D eigenvalue weighted by Crippen LogP contribution is 2.37. The SMILES string of the molecule is NC1(Cc2cc(F)cc(Cl)c2F)CC1. The van der Waals surface area contributed by atoms with Crippen molar-refractivity contribution >= 4 is 11.6 Å². The van der Waals surface area contributed by atoms with Crippen molar-refractivity contribution in [2.75, 3.05) is 0 Å². The first kappa shape index (κ1) is 9.87. The molecular formula is C10H10ClF2N. The molecule has 2 N–H and O–H groups in total. The fourth-order valence-corrected chi connectivity index (χ4v) is 1.68. The van der Waals surface area contributed by atoms with Crippen LogP contribution in [0.2, 0.25) is 5.02 Å². The van der Waals surface area contributed by atoms with Gasteiger partial charge in [-0.05, 0) is 37.0 Å². The van der Waals surface area contributed by atoms with Crippen LogP contribution in [0.1, 0.15) is 18.4 Å². The van der Waals surface area contributed by atoms with E-state index in [1.807, 2.05) is 0 Å². The number of hydrogen-bond acceptors (Lipinski definition) is 1. The van der Waals surface area contributed by atoms with E-state index in [1.165, 1.54) is 0 Å². The Morgan fingerprint density at radius 3 is 2.57 bits per heavy atom. The second-order valence-electron chi connectivity index (χ2n) is 3.90. The average molecular weight is 218 g/mol. The van der Waals surface area contributed by atoms with Gasteiger partial charge in [0.25, 0.3) is 0 Å².